The third-order valence-electron chi connectivity index (χ3n) is 7.91. The van der Waals surface area contributed by atoms with Gasteiger partial charge in [-0.3, -0.25) is 14.6 Å². The van der Waals surface area contributed by atoms with Gasteiger partial charge in [0.15, 0.2) is 0 Å². The van der Waals surface area contributed by atoms with Crippen LogP contribution in [0.4, 0.5) is 33.2 Å². The average Bonchev–Trinajstić information content (AvgIpc) is 3.15. The number of thiol groups is 1. The molecule has 0 aliphatic heterocycles. The molecule has 0 radical (unpaired) electrons. The van der Waals surface area contributed by atoms with Gasteiger partial charge in [0, 0.05) is 61.2 Å². The Kier molecular flexibility index (Phi) is 23.1. The van der Waals surface area contributed by atoms with E-state index < -0.39 is 70.1 Å². The van der Waals surface area contributed by atoms with Crippen LogP contribution >= 0.6 is 12.6 Å². The van der Waals surface area contributed by atoms with E-state index in [2.05, 4.69) is 44.2 Å². The van der Waals surface area contributed by atoms with E-state index in [1.54, 1.807) is 33.9 Å². The summed E-state index contributed by atoms with van der Waals surface area (Å²) in [5, 5.41) is 13.3. The van der Waals surface area contributed by atoms with Crippen LogP contribution in [0.3, 0.4) is 0 Å². The molecule has 3 unspecified atom stereocenters. The highest BCUT2D eigenvalue weighted by Gasteiger charge is 2.31. The quantitative estimate of drug-likeness (QED) is 0.0502. The van der Waals surface area contributed by atoms with Gasteiger partial charge in [-0.15, -0.1) is 0 Å². The molecule has 2 aromatic carbocycles. The van der Waals surface area contributed by atoms with Crippen LogP contribution in [0, 0.1) is 0 Å². The second-order valence-corrected chi connectivity index (χ2v) is 17.9. The van der Waals surface area contributed by atoms with E-state index in [1.807, 2.05) is 83.8 Å². The number of alkyl carbamates (subject to hydrolysis) is 3. The van der Waals surface area contributed by atoms with Crippen molar-refractivity contribution in [2.24, 2.45) is 0 Å². The third-order valence-corrected chi connectivity index (χ3v) is 8.66. The molecule has 0 saturated heterocycles. The number of hydrogen-bond donors (Lipinski definition) is 6. The van der Waals surface area contributed by atoms with Crippen molar-refractivity contribution in [1.29, 1.82) is 0 Å². The molecule has 356 valence electrons. The lowest BCUT2D eigenvalue weighted by molar-refractivity contribution is -0.137. The zero-order valence-corrected chi connectivity index (χ0v) is 39.2. The maximum atomic E-state index is 12.7. The van der Waals surface area contributed by atoms with Crippen molar-refractivity contribution in [3.63, 3.8) is 0 Å². The van der Waals surface area contributed by atoms with Gasteiger partial charge in [0.25, 0.3) is 0 Å². The highest BCUT2D eigenvalue weighted by Crippen LogP contribution is 2.31. The zero-order valence-electron chi connectivity index (χ0n) is 38.3. The van der Waals surface area contributed by atoms with Gasteiger partial charge in [0.1, 0.15) is 29.1 Å². The monoisotopic (exact) mass is 923 g/mol. The Morgan fingerprint density at radius 1 is 0.766 bits per heavy atom. The first-order valence-corrected chi connectivity index (χ1v) is 20.8. The van der Waals surface area contributed by atoms with Crippen molar-refractivity contribution in [2.45, 2.75) is 116 Å². The van der Waals surface area contributed by atoms with E-state index in [-0.39, 0.29) is 6.42 Å². The van der Waals surface area contributed by atoms with Gasteiger partial charge in [-0.2, -0.15) is 25.8 Å². The summed E-state index contributed by atoms with van der Waals surface area (Å²) < 4.78 is 53.4. The summed E-state index contributed by atoms with van der Waals surface area (Å²) in [5.74, 6) is -0.638. The number of hydrogen-bond acceptors (Lipinski definition) is 12. The Hall–Kier alpha value is -5.63. The molecule has 5 N–H and O–H groups in total. The molecule has 64 heavy (non-hydrogen) atoms. The number of alkyl halides is 3. The molecular formula is C44H64F3N7O9S. The SMILES string of the molecule is CC(NC(=O)C(CC=O)NC(=O)OC(C)(C)C)C(S)c1ccc(C(F)(F)F)cc1.CN(CCNC(=O)OC(C)(C)C)CCNC(=O)OC(C)(C)C.O=CNc1ccc2ncccc2c1. The van der Waals surface area contributed by atoms with Crippen molar-refractivity contribution >= 4 is 66.1 Å². The molecule has 3 atom stereocenters. The highest BCUT2D eigenvalue weighted by molar-refractivity contribution is 7.80. The second kappa shape index (κ2) is 26.2. The summed E-state index contributed by atoms with van der Waals surface area (Å²) in [6, 6.07) is 12.1. The number of halogens is 3. The lowest BCUT2D eigenvalue weighted by Crippen LogP contribution is -2.51. The molecular weight excluding hydrogens is 860 g/mol. The van der Waals surface area contributed by atoms with Gasteiger partial charge in [-0.05, 0) is 118 Å². The molecule has 0 spiro atoms. The van der Waals surface area contributed by atoms with Crippen molar-refractivity contribution in [1.82, 2.24) is 31.2 Å². The normalized spacial score (nSPS) is 12.9. The number of nitrogens with one attached hydrogen (secondary N) is 5. The lowest BCUT2D eigenvalue weighted by atomic mass is 10.0. The Bertz CT molecular complexity index is 1920. The number of nitrogens with zero attached hydrogens (tertiary/aromatic N) is 2. The lowest BCUT2D eigenvalue weighted by Gasteiger charge is -2.25. The Balaban J connectivity index is 0.000000513. The minimum atomic E-state index is -4.44. The first-order valence-electron chi connectivity index (χ1n) is 20.3. The van der Waals surface area contributed by atoms with Gasteiger partial charge in [0.2, 0.25) is 12.3 Å². The Morgan fingerprint density at radius 3 is 1.75 bits per heavy atom. The van der Waals surface area contributed by atoms with Crippen LogP contribution in [0.5, 0.6) is 0 Å². The number of carbonyl (C=O) groups excluding carboxylic acids is 6. The van der Waals surface area contributed by atoms with E-state index >= 15 is 0 Å². The fourth-order valence-electron chi connectivity index (χ4n) is 5.01. The number of carbonyl (C=O) groups is 6. The predicted octanol–water partition coefficient (Wildman–Crippen LogP) is 7.43. The maximum Gasteiger partial charge on any atom is 0.416 e. The molecule has 3 rings (SSSR count). The predicted molar refractivity (Wildman–Crippen MR) is 242 cm³/mol. The number of fused-ring (bicyclic) bond motifs is 1. The van der Waals surface area contributed by atoms with Gasteiger partial charge in [-0.25, -0.2) is 14.4 Å². The fourth-order valence-corrected chi connectivity index (χ4v) is 5.26. The molecule has 5 amide bonds. The summed E-state index contributed by atoms with van der Waals surface area (Å²) >= 11 is 4.37. The van der Waals surface area contributed by atoms with Crippen molar-refractivity contribution < 1.29 is 56.1 Å². The van der Waals surface area contributed by atoms with Crippen LogP contribution in [0.2, 0.25) is 0 Å². The topological polar surface area (TPSA) is 206 Å². The number of amides is 5. The smallest absolute Gasteiger partial charge is 0.416 e. The van der Waals surface area contributed by atoms with Crippen LogP contribution in [0.1, 0.15) is 92.0 Å². The van der Waals surface area contributed by atoms with Gasteiger partial charge in [-0.1, -0.05) is 18.2 Å². The van der Waals surface area contributed by atoms with Crippen LogP contribution in [-0.4, -0.2) is 109 Å². The Morgan fingerprint density at radius 2 is 1.28 bits per heavy atom. The largest absolute Gasteiger partial charge is 0.444 e. The van der Waals surface area contributed by atoms with E-state index in [0.717, 1.165) is 28.7 Å². The molecule has 0 fully saturated rings. The molecule has 16 nitrogen and oxygen atoms in total. The molecule has 20 heteroatoms. The maximum absolute atomic E-state index is 12.7. The van der Waals surface area contributed by atoms with Crippen molar-refractivity contribution in [3.05, 3.63) is 71.9 Å². The second-order valence-electron chi connectivity index (χ2n) is 17.3. The minimum Gasteiger partial charge on any atom is -0.444 e. The van der Waals surface area contributed by atoms with Crippen LogP contribution in [0.15, 0.2) is 60.8 Å². The van der Waals surface area contributed by atoms with Crippen LogP contribution in [-0.2, 0) is 34.8 Å². The molecule has 1 heterocycles. The standard InChI is InChI=1S/C19H25F3N2O4S.C15H31N3O4.C10H8N2O/c1-11(15(29)12-5-7-13(8-6-12)19(20,21)22)23-16(26)14(9-10-25)24-17(27)28-18(2,3)4;1-14(2,3)21-12(19)16-8-10-18(7)11-9-17-13(20)22-15(4,5)6;13-7-12-9-3-4-10-8(6-9)2-1-5-11-10/h5-8,10-11,14-15,29H,9H2,1-4H3,(H,23,26)(H,24,27);8-11H2,1-7H3,(H,16,19)(H,17,20);1-7H,(H,12,13). The van der Waals surface area contributed by atoms with E-state index in [1.165, 1.54) is 12.1 Å². The van der Waals surface area contributed by atoms with E-state index in [0.29, 0.717) is 44.4 Å². The van der Waals surface area contributed by atoms with E-state index in [9.17, 15) is 41.9 Å². The number of aldehydes is 1. The summed E-state index contributed by atoms with van der Waals surface area (Å²) in [6.07, 6.45) is -3.51. The van der Waals surface area contributed by atoms with E-state index in [4.69, 9.17) is 14.2 Å². The first-order chi connectivity index (χ1) is 29.5. The number of benzene rings is 2. The zero-order chi connectivity index (χ0) is 48.9. The first kappa shape index (κ1) is 56.4. The summed E-state index contributed by atoms with van der Waals surface area (Å²) in [5.41, 5.74) is -0.361. The molecule has 3 aromatic rings. The number of anilines is 1. The van der Waals surface area contributed by atoms with Crippen molar-refractivity contribution in [2.75, 3.05) is 38.5 Å². The summed E-state index contributed by atoms with van der Waals surface area (Å²) in [6.45, 7) is 19.8. The molecule has 0 bridgehead atoms. The number of aromatic nitrogens is 1. The molecule has 0 aliphatic carbocycles. The minimum absolute atomic E-state index is 0.269. The number of pyridine rings is 1. The van der Waals surface area contributed by atoms with Crippen molar-refractivity contribution in [3.8, 4) is 0 Å². The highest BCUT2D eigenvalue weighted by atomic mass is 32.1. The fraction of sp³-hybridized carbons (Fsp3) is 0.523. The Labute approximate surface area is 378 Å². The average molecular weight is 924 g/mol. The molecule has 1 aromatic heterocycles. The summed E-state index contributed by atoms with van der Waals surface area (Å²) in [7, 11) is 1.91. The third kappa shape index (κ3) is 24.9. The number of ether oxygens (including phenoxy) is 3. The number of rotatable bonds is 15. The van der Waals surface area contributed by atoms with Crippen LogP contribution in [0.25, 0.3) is 10.9 Å². The van der Waals surface area contributed by atoms with Crippen LogP contribution < -0.4 is 26.6 Å². The van der Waals surface area contributed by atoms with Gasteiger partial charge < -0.3 is 50.5 Å². The van der Waals surface area contributed by atoms with Gasteiger partial charge >= 0.3 is 24.5 Å². The van der Waals surface area contributed by atoms with Gasteiger partial charge in [0.05, 0.1) is 11.1 Å². The molecule has 0 saturated carbocycles. The number of likely N-dealkylation sites (N-methyl/N-ethyl adjacent to an activating group) is 1. The summed E-state index contributed by atoms with van der Waals surface area (Å²) in [4.78, 5) is 74.4. The molecule has 0 aliphatic rings.